The maximum atomic E-state index is 12.8. The maximum absolute atomic E-state index is 12.8. The molecule has 1 N–H and O–H groups in total. The van der Waals surface area contributed by atoms with Crippen molar-refractivity contribution in [3.05, 3.63) is 23.8 Å². The van der Waals surface area contributed by atoms with Crippen molar-refractivity contribution in [2.24, 2.45) is 0 Å². The fraction of sp³-hybridized carbons (Fsp3) is 0.500. The lowest BCUT2D eigenvalue weighted by atomic mass is 9.94. The van der Waals surface area contributed by atoms with E-state index in [1.54, 1.807) is 25.9 Å². The molecule has 1 atom stereocenters. The second kappa shape index (κ2) is 5.39. The summed E-state index contributed by atoms with van der Waals surface area (Å²) in [5.41, 5.74) is 0.742. The van der Waals surface area contributed by atoms with Crippen LogP contribution in [0.25, 0.3) is 0 Å². The van der Waals surface area contributed by atoms with E-state index < -0.39 is 11.6 Å². The lowest BCUT2D eigenvalue weighted by Crippen LogP contribution is -2.68. The number of carbonyl (C=O) groups is 2. The number of nitrogens with zero attached hydrogens (tertiary/aromatic N) is 1. The van der Waals surface area contributed by atoms with Gasteiger partial charge in [-0.3, -0.25) is 14.5 Å². The summed E-state index contributed by atoms with van der Waals surface area (Å²) in [5, 5.41) is 2.79. The summed E-state index contributed by atoms with van der Waals surface area (Å²) in [6.07, 6.45) is 0.546. The summed E-state index contributed by atoms with van der Waals surface area (Å²) in [7, 11) is 1.56. The highest BCUT2D eigenvalue weighted by Gasteiger charge is 2.46. The fourth-order valence-corrected chi connectivity index (χ4v) is 2.64. The molecule has 0 saturated carbocycles. The molecule has 0 aromatic heterocycles. The van der Waals surface area contributed by atoms with E-state index in [0.29, 0.717) is 17.9 Å². The molecule has 5 heteroatoms. The molecule has 0 radical (unpaired) electrons. The highest BCUT2D eigenvalue weighted by molar-refractivity contribution is 6.11. The van der Waals surface area contributed by atoms with Crippen LogP contribution in [-0.4, -0.2) is 30.5 Å². The van der Waals surface area contributed by atoms with Gasteiger partial charge in [0.05, 0.1) is 12.8 Å². The van der Waals surface area contributed by atoms with Crippen molar-refractivity contribution >= 4 is 17.5 Å². The van der Waals surface area contributed by atoms with Crippen molar-refractivity contribution in [1.29, 1.82) is 0 Å². The standard InChI is InChI=1S/C16H22N2O3/c1-6-11-14(19)17-16(3,4)15(20)18(11)12-9-10(2)7-8-13(12)21-5/h7-9,11H,6H2,1-5H3,(H,17,19). The van der Waals surface area contributed by atoms with Gasteiger partial charge in [0.15, 0.2) is 0 Å². The van der Waals surface area contributed by atoms with Crippen LogP contribution >= 0.6 is 0 Å². The molecule has 1 saturated heterocycles. The number of nitrogens with one attached hydrogen (secondary N) is 1. The predicted molar refractivity (Wildman–Crippen MR) is 81.5 cm³/mol. The van der Waals surface area contributed by atoms with Gasteiger partial charge in [-0.25, -0.2) is 0 Å². The molecule has 1 aliphatic heterocycles. The first-order valence-electron chi connectivity index (χ1n) is 7.12. The van der Waals surface area contributed by atoms with Gasteiger partial charge in [0.25, 0.3) is 5.91 Å². The molecule has 5 nitrogen and oxygen atoms in total. The molecule has 1 heterocycles. The molecule has 1 aromatic carbocycles. The van der Waals surface area contributed by atoms with Gasteiger partial charge in [0, 0.05) is 0 Å². The molecule has 114 valence electrons. The SMILES string of the molecule is CCC1C(=O)NC(C)(C)C(=O)N1c1cc(C)ccc1OC. The Bertz CT molecular complexity index is 581. The number of benzene rings is 1. The van der Waals surface area contributed by atoms with Crippen LogP contribution in [0.5, 0.6) is 5.75 Å². The molecule has 0 aliphatic carbocycles. The Labute approximate surface area is 125 Å². The zero-order valence-electron chi connectivity index (χ0n) is 13.2. The first-order valence-corrected chi connectivity index (χ1v) is 7.12. The van der Waals surface area contributed by atoms with E-state index in [4.69, 9.17) is 4.74 Å². The fourth-order valence-electron chi connectivity index (χ4n) is 2.64. The lowest BCUT2D eigenvalue weighted by Gasteiger charge is -2.42. The van der Waals surface area contributed by atoms with Gasteiger partial charge in [-0.1, -0.05) is 13.0 Å². The van der Waals surface area contributed by atoms with Crippen molar-refractivity contribution in [3.63, 3.8) is 0 Å². The van der Waals surface area contributed by atoms with E-state index >= 15 is 0 Å². The normalized spacial score (nSPS) is 21.2. The quantitative estimate of drug-likeness (QED) is 0.926. The van der Waals surface area contributed by atoms with Gasteiger partial charge in [-0.15, -0.1) is 0 Å². The van der Waals surface area contributed by atoms with E-state index in [1.165, 1.54) is 0 Å². The lowest BCUT2D eigenvalue weighted by molar-refractivity contribution is -0.137. The van der Waals surface area contributed by atoms with E-state index in [-0.39, 0.29) is 11.8 Å². The molecule has 0 spiro atoms. The maximum Gasteiger partial charge on any atom is 0.253 e. The number of amides is 2. The zero-order chi connectivity index (χ0) is 15.8. The van der Waals surface area contributed by atoms with Crippen LogP contribution in [0.3, 0.4) is 0 Å². The second-order valence-electron chi connectivity index (χ2n) is 5.89. The Morgan fingerprint density at radius 1 is 1.33 bits per heavy atom. The summed E-state index contributed by atoms with van der Waals surface area (Å²) >= 11 is 0. The van der Waals surface area contributed by atoms with Crippen LogP contribution in [0.1, 0.15) is 32.8 Å². The minimum absolute atomic E-state index is 0.127. The Kier molecular flexibility index (Phi) is 3.94. The predicted octanol–water partition coefficient (Wildman–Crippen LogP) is 2.02. The summed E-state index contributed by atoms with van der Waals surface area (Å²) < 4.78 is 5.37. The topological polar surface area (TPSA) is 58.6 Å². The number of anilines is 1. The number of ether oxygens (including phenoxy) is 1. The Hall–Kier alpha value is -2.04. The Balaban J connectivity index is 2.59. The third kappa shape index (κ3) is 2.60. The van der Waals surface area contributed by atoms with Crippen molar-refractivity contribution in [2.75, 3.05) is 12.0 Å². The molecule has 1 unspecified atom stereocenters. The molecule has 1 fully saturated rings. The van der Waals surface area contributed by atoms with Crippen LogP contribution in [0.4, 0.5) is 5.69 Å². The Morgan fingerprint density at radius 2 is 2.00 bits per heavy atom. The summed E-state index contributed by atoms with van der Waals surface area (Å²) in [6.45, 7) is 7.28. The second-order valence-corrected chi connectivity index (χ2v) is 5.89. The first-order chi connectivity index (χ1) is 9.81. The van der Waals surface area contributed by atoms with Crippen molar-refractivity contribution < 1.29 is 14.3 Å². The monoisotopic (exact) mass is 290 g/mol. The number of piperazine rings is 1. The van der Waals surface area contributed by atoms with E-state index in [0.717, 1.165) is 5.56 Å². The van der Waals surface area contributed by atoms with Gasteiger partial charge in [0.1, 0.15) is 17.3 Å². The third-order valence-corrected chi connectivity index (χ3v) is 3.78. The molecule has 1 aliphatic rings. The van der Waals surface area contributed by atoms with Crippen LogP contribution in [-0.2, 0) is 9.59 Å². The number of aryl methyl sites for hydroxylation is 1. The van der Waals surface area contributed by atoms with Crippen LogP contribution in [0, 0.1) is 6.92 Å². The number of methoxy groups -OCH3 is 1. The highest BCUT2D eigenvalue weighted by atomic mass is 16.5. The minimum Gasteiger partial charge on any atom is -0.495 e. The van der Waals surface area contributed by atoms with Crippen molar-refractivity contribution in [3.8, 4) is 5.75 Å². The highest BCUT2D eigenvalue weighted by Crippen LogP contribution is 2.34. The average Bonchev–Trinajstić information content (AvgIpc) is 2.42. The van der Waals surface area contributed by atoms with Crippen LogP contribution in [0.2, 0.25) is 0 Å². The molecular weight excluding hydrogens is 268 g/mol. The van der Waals surface area contributed by atoms with Gasteiger partial charge in [-0.05, 0) is 44.9 Å². The molecule has 1 aromatic rings. The number of rotatable bonds is 3. The minimum atomic E-state index is -0.919. The first kappa shape index (κ1) is 15.4. The molecular formula is C16H22N2O3. The van der Waals surface area contributed by atoms with E-state index in [2.05, 4.69) is 5.32 Å². The van der Waals surface area contributed by atoms with Gasteiger partial charge < -0.3 is 10.1 Å². The summed E-state index contributed by atoms with van der Waals surface area (Å²) in [5.74, 6) is 0.335. The van der Waals surface area contributed by atoms with Gasteiger partial charge in [0.2, 0.25) is 5.91 Å². The van der Waals surface area contributed by atoms with Crippen molar-refractivity contribution in [2.45, 2.75) is 45.7 Å². The molecule has 2 rings (SSSR count). The number of carbonyl (C=O) groups excluding carboxylic acids is 2. The van der Waals surface area contributed by atoms with E-state index in [9.17, 15) is 9.59 Å². The van der Waals surface area contributed by atoms with E-state index in [1.807, 2.05) is 32.0 Å². The molecule has 0 bridgehead atoms. The van der Waals surface area contributed by atoms with Crippen LogP contribution < -0.4 is 15.0 Å². The van der Waals surface area contributed by atoms with Gasteiger partial charge >= 0.3 is 0 Å². The zero-order valence-corrected chi connectivity index (χ0v) is 13.2. The average molecular weight is 290 g/mol. The number of hydrogen-bond donors (Lipinski definition) is 1. The summed E-state index contributed by atoms with van der Waals surface area (Å²) in [4.78, 5) is 26.7. The number of hydrogen-bond acceptors (Lipinski definition) is 3. The van der Waals surface area contributed by atoms with Gasteiger partial charge in [-0.2, -0.15) is 0 Å². The van der Waals surface area contributed by atoms with Crippen molar-refractivity contribution in [1.82, 2.24) is 5.32 Å². The largest absolute Gasteiger partial charge is 0.495 e. The Morgan fingerprint density at radius 3 is 2.57 bits per heavy atom. The third-order valence-electron chi connectivity index (χ3n) is 3.78. The smallest absolute Gasteiger partial charge is 0.253 e. The summed E-state index contributed by atoms with van der Waals surface area (Å²) in [6, 6.07) is 5.11. The molecule has 2 amide bonds. The van der Waals surface area contributed by atoms with Crippen LogP contribution in [0.15, 0.2) is 18.2 Å². The molecule has 21 heavy (non-hydrogen) atoms.